The van der Waals surface area contributed by atoms with Gasteiger partial charge in [0, 0.05) is 24.0 Å². The number of hydrogen-bond acceptors (Lipinski definition) is 6. The van der Waals surface area contributed by atoms with Crippen LogP contribution >= 0.6 is 0 Å². The first kappa shape index (κ1) is 10.4. The number of aliphatic hydroxyl groups is 1. The molecule has 0 atom stereocenters. The first-order valence-electron chi connectivity index (χ1n) is 4.61. The zero-order valence-electron chi connectivity index (χ0n) is 8.66. The van der Waals surface area contributed by atoms with E-state index in [0.29, 0.717) is 23.0 Å². The second kappa shape index (κ2) is 4.63. The van der Waals surface area contributed by atoms with E-state index in [1.54, 1.807) is 18.5 Å². The third-order valence-electron chi connectivity index (χ3n) is 1.97. The lowest BCUT2D eigenvalue weighted by Gasteiger charge is -2.01. The van der Waals surface area contributed by atoms with E-state index < -0.39 is 0 Å². The largest absolute Gasteiger partial charge is 0.481 e. The van der Waals surface area contributed by atoms with Crippen LogP contribution in [0.3, 0.4) is 0 Å². The second-order valence-corrected chi connectivity index (χ2v) is 3.02. The van der Waals surface area contributed by atoms with Crippen LogP contribution in [0.2, 0.25) is 0 Å². The number of rotatable bonds is 3. The molecule has 0 spiro atoms. The summed E-state index contributed by atoms with van der Waals surface area (Å²) in [6.45, 7) is -0.0760. The molecular formula is C10H10N4O2. The van der Waals surface area contributed by atoms with Crippen molar-refractivity contribution in [3.05, 3.63) is 30.4 Å². The lowest BCUT2D eigenvalue weighted by Crippen LogP contribution is -1.96. The van der Waals surface area contributed by atoms with E-state index in [1.165, 1.54) is 13.4 Å². The molecule has 82 valence electrons. The fourth-order valence-electron chi connectivity index (χ4n) is 1.14. The smallest absolute Gasteiger partial charge is 0.216 e. The Kier molecular flexibility index (Phi) is 3.02. The quantitative estimate of drug-likeness (QED) is 0.804. The van der Waals surface area contributed by atoms with Gasteiger partial charge in [0.2, 0.25) is 5.88 Å². The predicted octanol–water partition coefficient (Wildman–Crippen LogP) is 0.434. The van der Waals surface area contributed by atoms with Crippen molar-refractivity contribution >= 4 is 0 Å². The van der Waals surface area contributed by atoms with Gasteiger partial charge in [0.05, 0.1) is 13.7 Å². The van der Waals surface area contributed by atoms with Crippen LogP contribution in [0.15, 0.2) is 24.8 Å². The Morgan fingerprint density at radius 2 is 1.94 bits per heavy atom. The van der Waals surface area contributed by atoms with Crippen LogP contribution in [-0.4, -0.2) is 32.2 Å². The zero-order chi connectivity index (χ0) is 11.4. The summed E-state index contributed by atoms with van der Waals surface area (Å²) >= 11 is 0. The molecule has 0 aliphatic carbocycles. The normalized spacial score (nSPS) is 10.1. The van der Waals surface area contributed by atoms with Gasteiger partial charge in [-0.1, -0.05) is 0 Å². The first-order valence-corrected chi connectivity index (χ1v) is 4.61. The van der Waals surface area contributed by atoms with E-state index in [-0.39, 0.29) is 6.61 Å². The molecule has 0 saturated carbocycles. The van der Waals surface area contributed by atoms with E-state index in [9.17, 15) is 0 Å². The van der Waals surface area contributed by atoms with Crippen molar-refractivity contribution in [2.45, 2.75) is 6.61 Å². The van der Waals surface area contributed by atoms with Crippen LogP contribution in [0.4, 0.5) is 0 Å². The molecule has 1 N–H and O–H groups in total. The highest BCUT2D eigenvalue weighted by Crippen LogP contribution is 2.15. The number of aromatic nitrogens is 4. The van der Waals surface area contributed by atoms with E-state index in [0.717, 1.165) is 0 Å². The summed E-state index contributed by atoms with van der Waals surface area (Å²) in [4.78, 5) is 16.1. The van der Waals surface area contributed by atoms with Gasteiger partial charge in [-0.2, -0.15) is 0 Å². The maximum Gasteiger partial charge on any atom is 0.216 e. The molecule has 0 fully saturated rings. The van der Waals surface area contributed by atoms with Crippen LogP contribution in [-0.2, 0) is 6.61 Å². The van der Waals surface area contributed by atoms with Crippen molar-refractivity contribution in [1.82, 2.24) is 19.9 Å². The van der Waals surface area contributed by atoms with Gasteiger partial charge in [0.1, 0.15) is 12.0 Å². The Morgan fingerprint density at radius 1 is 1.19 bits per heavy atom. The molecule has 0 unspecified atom stereocenters. The predicted molar refractivity (Wildman–Crippen MR) is 55.5 cm³/mol. The van der Waals surface area contributed by atoms with Crippen molar-refractivity contribution in [2.75, 3.05) is 7.11 Å². The summed E-state index contributed by atoms with van der Waals surface area (Å²) in [5.74, 6) is 0.928. The highest BCUT2D eigenvalue weighted by Gasteiger charge is 2.04. The molecule has 6 nitrogen and oxygen atoms in total. The third kappa shape index (κ3) is 2.12. The number of nitrogens with zero attached hydrogens (tertiary/aromatic N) is 4. The summed E-state index contributed by atoms with van der Waals surface area (Å²) in [6, 6.07) is 1.65. The molecule has 16 heavy (non-hydrogen) atoms. The summed E-state index contributed by atoms with van der Waals surface area (Å²) in [5, 5.41) is 8.86. The van der Waals surface area contributed by atoms with Crippen LogP contribution in [0, 0.1) is 0 Å². The lowest BCUT2D eigenvalue weighted by molar-refractivity contribution is 0.281. The Hall–Kier alpha value is -2.08. The molecule has 2 aromatic heterocycles. The minimum absolute atomic E-state index is 0.0760. The fraction of sp³-hybridized carbons (Fsp3) is 0.200. The standard InChI is InChI=1S/C10H10N4O2/c1-16-9-2-8(13-6-14-9)10-11-3-7(5-15)4-12-10/h2-4,6,15H,5H2,1H3. The molecule has 6 heteroatoms. The zero-order valence-corrected chi connectivity index (χ0v) is 8.66. The molecule has 0 bridgehead atoms. The number of ether oxygens (including phenoxy) is 1. The molecule has 0 aliphatic rings. The minimum Gasteiger partial charge on any atom is -0.481 e. The van der Waals surface area contributed by atoms with Gasteiger partial charge in [0.25, 0.3) is 0 Å². The number of methoxy groups -OCH3 is 1. The van der Waals surface area contributed by atoms with Crippen LogP contribution in [0.25, 0.3) is 11.5 Å². The summed E-state index contributed by atoms with van der Waals surface area (Å²) in [5.41, 5.74) is 1.24. The molecule has 0 amide bonds. The van der Waals surface area contributed by atoms with Crippen molar-refractivity contribution < 1.29 is 9.84 Å². The molecule has 0 aromatic carbocycles. The molecule has 0 aliphatic heterocycles. The molecular weight excluding hydrogens is 208 g/mol. The maximum absolute atomic E-state index is 8.86. The topological polar surface area (TPSA) is 81.0 Å². The summed E-state index contributed by atoms with van der Waals surface area (Å²) in [6.07, 6.45) is 4.49. The van der Waals surface area contributed by atoms with Crippen LogP contribution < -0.4 is 4.74 Å². The van der Waals surface area contributed by atoms with E-state index in [1.807, 2.05) is 0 Å². The highest BCUT2D eigenvalue weighted by atomic mass is 16.5. The Morgan fingerprint density at radius 3 is 2.56 bits per heavy atom. The van der Waals surface area contributed by atoms with Gasteiger partial charge >= 0.3 is 0 Å². The molecule has 2 rings (SSSR count). The third-order valence-corrected chi connectivity index (χ3v) is 1.97. The maximum atomic E-state index is 8.86. The Bertz CT molecular complexity index is 473. The van der Waals surface area contributed by atoms with Crippen molar-refractivity contribution in [1.29, 1.82) is 0 Å². The first-order chi connectivity index (χ1) is 7.83. The van der Waals surface area contributed by atoms with Crippen LogP contribution in [0.1, 0.15) is 5.56 Å². The van der Waals surface area contributed by atoms with Gasteiger partial charge in [-0.25, -0.2) is 19.9 Å². The van der Waals surface area contributed by atoms with Crippen molar-refractivity contribution in [2.24, 2.45) is 0 Å². The lowest BCUT2D eigenvalue weighted by atomic mass is 10.3. The molecule has 0 saturated heterocycles. The van der Waals surface area contributed by atoms with Gasteiger partial charge in [0.15, 0.2) is 5.82 Å². The Balaban J connectivity index is 2.34. The molecule has 2 heterocycles. The van der Waals surface area contributed by atoms with Gasteiger partial charge in [-0.3, -0.25) is 0 Å². The number of aliphatic hydroxyl groups excluding tert-OH is 1. The van der Waals surface area contributed by atoms with Crippen molar-refractivity contribution in [3.8, 4) is 17.4 Å². The van der Waals surface area contributed by atoms with Crippen molar-refractivity contribution in [3.63, 3.8) is 0 Å². The average molecular weight is 218 g/mol. The Labute approximate surface area is 92.0 Å². The highest BCUT2D eigenvalue weighted by molar-refractivity contribution is 5.49. The van der Waals surface area contributed by atoms with Crippen LogP contribution in [0.5, 0.6) is 5.88 Å². The minimum atomic E-state index is -0.0760. The van der Waals surface area contributed by atoms with E-state index >= 15 is 0 Å². The molecule has 2 aromatic rings. The monoisotopic (exact) mass is 218 g/mol. The average Bonchev–Trinajstić information content (AvgIpc) is 2.39. The fourth-order valence-corrected chi connectivity index (χ4v) is 1.14. The van der Waals surface area contributed by atoms with Gasteiger partial charge < -0.3 is 9.84 Å². The van der Waals surface area contributed by atoms with E-state index in [4.69, 9.17) is 9.84 Å². The SMILES string of the molecule is COc1cc(-c2ncc(CO)cn2)ncn1. The van der Waals surface area contributed by atoms with E-state index in [2.05, 4.69) is 19.9 Å². The second-order valence-electron chi connectivity index (χ2n) is 3.02. The van der Waals surface area contributed by atoms with Gasteiger partial charge in [-0.05, 0) is 0 Å². The summed E-state index contributed by atoms with van der Waals surface area (Å²) < 4.78 is 4.97. The number of hydrogen-bond donors (Lipinski definition) is 1. The summed E-state index contributed by atoms with van der Waals surface area (Å²) in [7, 11) is 1.53. The molecule has 0 radical (unpaired) electrons. The van der Waals surface area contributed by atoms with Gasteiger partial charge in [-0.15, -0.1) is 0 Å².